The van der Waals surface area contributed by atoms with Gasteiger partial charge >= 0.3 is 5.97 Å². The molecule has 0 atom stereocenters. The minimum atomic E-state index is -4.12. The van der Waals surface area contributed by atoms with Crippen molar-refractivity contribution in [1.82, 2.24) is 4.98 Å². The minimum absolute atomic E-state index is 0.0753. The number of aliphatic carboxylic acids is 1. The maximum atomic E-state index is 13.1. The zero-order valence-corrected chi connectivity index (χ0v) is 15.6. The molecule has 0 fully saturated rings. The van der Waals surface area contributed by atoms with Gasteiger partial charge in [-0.05, 0) is 42.5 Å². The molecule has 0 saturated carbocycles. The number of aromatic hydroxyl groups is 1. The summed E-state index contributed by atoms with van der Waals surface area (Å²) < 4.78 is 44.1. The van der Waals surface area contributed by atoms with Crippen LogP contribution in [0.5, 0.6) is 17.4 Å². The Kier molecular flexibility index (Phi) is 5.64. The lowest BCUT2D eigenvalue weighted by Gasteiger charge is -2.11. The van der Waals surface area contributed by atoms with Crippen molar-refractivity contribution in [3.8, 4) is 17.4 Å². The third kappa shape index (κ3) is 4.79. The van der Waals surface area contributed by atoms with Crippen LogP contribution in [0.4, 0.5) is 10.2 Å². The highest BCUT2D eigenvalue weighted by Gasteiger charge is 2.22. The number of benzene rings is 2. The lowest BCUT2D eigenvalue weighted by molar-refractivity contribution is -0.134. The van der Waals surface area contributed by atoms with Crippen LogP contribution in [0.1, 0.15) is 0 Å². The van der Waals surface area contributed by atoms with Gasteiger partial charge in [0.05, 0.1) is 4.90 Å². The Balaban J connectivity index is 1.89. The molecule has 10 heteroatoms. The number of nitrogens with one attached hydrogen (secondary N) is 1. The summed E-state index contributed by atoms with van der Waals surface area (Å²) in [6.45, 7) is -0.338. The number of sulfone groups is 1. The lowest BCUT2D eigenvalue weighted by Crippen LogP contribution is -2.13. The molecular weight excluding hydrogens is 403 g/mol. The van der Waals surface area contributed by atoms with E-state index in [4.69, 9.17) is 9.84 Å². The quantitative estimate of drug-likeness (QED) is 0.500. The van der Waals surface area contributed by atoms with E-state index in [9.17, 15) is 22.7 Å². The molecule has 0 aliphatic carbocycles. The van der Waals surface area contributed by atoms with Gasteiger partial charge in [0.2, 0.25) is 15.7 Å². The molecule has 8 nitrogen and oxygen atoms in total. The minimum Gasteiger partial charge on any atom is -0.507 e. The summed E-state index contributed by atoms with van der Waals surface area (Å²) >= 11 is 0. The number of phenols is 1. The summed E-state index contributed by atoms with van der Waals surface area (Å²) in [6, 6.07) is 12.4. The fourth-order valence-electron chi connectivity index (χ4n) is 2.37. The van der Waals surface area contributed by atoms with Gasteiger partial charge in [-0.1, -0.05) is 6.07 Å². The first-order chi connectivity index (χ1) is 13.8. The number of hydrogen-bond acceptors (Lipinski definition) is 7. The summed E-state index contributed by atoms with van der Waals surface area (Å²) in [4.78, 5) is 14.1. The number of carboxylic acids is 1. The van der Waals surface area contributed by atoms with Gasteiger partial charge in [0.15, 0.2) is 0 Å². The molecule has 1 heterocycles. The second-order valence-electron chi connectivity index (χ2n) is 5.80. The van der Waals surface area contributed by atoms with Gasteiger partial charge in [-0.15, -0.1) is 0 Å². The molecule has 29 heavy (non-hydrogen) atoms. The molecule has 150 valence electrons. The van der Waals surface area contributed by atoms with Crippen LogP contribution in [-0.4, -0.2) is 36.1 Å². The van der Waals surface area contributed by atoms with Crippen molar-refractivity contribution in [2.24, 2.45) is 0 Å². The van der Waals surface area contributed by atoms with Gasteiger partial charge in [0.1, 0.15) is 34.6 Å². The first kappa shape index (κ1) is 20.1. The average Bonchev–Trinajstić information content (AvgIpc) is 2.68. The van der Waals surface area contributed by atoms with E-state index >= 15 is 0 Å². The SMILES string of the molecule is O=C(O)CNc1cccc(Oc2ccc(O)c(S(=O)(=O)c3ccc(F)cc3)c2)n1. The molecule has 0 spiro atoms. The van der Waals surface area contributed by atoms with Crippen molar-refractivity contribution >= 4 is 21.6 Å². The van der Waals surface area contributed by atoms with E-state index in [1.54, 1.807) is 6.07 Å². The zero-order chi connectivity index (χ0) is 21.0. The molecule has 2 aromatic carbocycles. The molecule has 3 N–H and O–H groups in total. The predicted octanol–water partition coefficient (Wildman–Crippen LogP) is 3.05. The van der Waals surface area contributed by atoms with Gasteiger partial charge in [-0.3, -0.25) is 4.79 Å². The maximum absolute atomic E-state index is 13.1. The van der Waals surface area contributed by atoms with E-state index in [1.165, 1.54) is 18.2 Å². The highest BCUT2D eigenvalue weighted by atomic mass is 32.2. The highest BCUT2D eigenvalue weighted by molar-refractivity contribution is 7.91. The number of carbonyl (C=O) groups is 1. The summed E-state index contributed by atoms with van der Waals surface area (Å²) in [5.74, 6) is -1.74. The summed E-state index contributed by atoms with van der Waals surface area (Å²) in [5, 5.41) is 21.3. The van der Waals surface area contributed by atoms with Crippen LogP contribution in [0.25, 0.3) is 0 Å². The van der Waals surface area contributed by atoms with Crippen LogP contribution in [0, 0.1) is 5.82 Å². The van der Waals surface area contributed by atoms with Gasteiger partial charge < -0.3 is 20.3 Å². The van der Waals surface area contributed by atoms with Gasteiger partial charge in [0, 0.05) is 12.1 Å². The molecular formula is C19H15FN2O6S. The van der Waals surface area contributed by atoms with E-state index in [1.807, 2.05) is 0 Å². The lowest BCUT2D eigenvalue weighted by atomic mass is 10.3. The van der Waals surface area contributed by atoms with E-state index in [2.05, 4.69) is 10.3 Å². The Morgan fingerprint density at radius 3 is 2.52 bits per heavy atom. The number of nitrogens with zero attached hydrogens (tertiary/aromatic N) is 1. The van der Waals surface area contributed by atoms with Gasteiger partial charge in [0.25, 0.3) is 0 Å². The van der Waals surface area contributed by atoms with Crippen molar-refractivity contribution in [2.45, 2.75) is 9.79 Å². The van der Waals surface area contributed by atoms with Crippen molar-refractivity contribution < 1.29 is 32.6 Å². The first-order valence-corrected chi connectivity index (χ1v) is 9.68. The standard InChI is InChI=1S/C19H15FN2O6S/c20-12-4-7-14(8-5-12)29(26,27)16-10-13(6-9-15(16)23)28-18-3-1-2-17(22-18)21-11-19(24)25/h1-10,23H,11H2,(H,21,22)(H,24,25). The zero-order valence-electron chi connectivity index (χ0n) is 14.7. The third-order valence-electron chi connectivity index (χ3n) is 3.71. The van der Waals surface area contributed by atoms with E-state index in [-0.39, 0.29) is 28.9 Å². The normalized spacial score (nSPS) is 11.1. The van der Waals surface area contributed by atoms with Crippen molar-refractivity contribution in [3.63, 3.8) is 0 Å². The smallest absolute Gasteiger partial charge is 0.322 e. The van der Waals surface area contributed by atoms with E-state index < -0.39 is 32.3 Å². The van der Waals surface area contributed by atoms with Crippen molar-refractivity contribution in [3.05, 3.63) is 66.5 Å². The maximum Gasteiger partial charge on any atom is 0.322 e. The third-order valence-corrected chi connectivity index (χ3v) is 5.51. The molecule has 0 bridgehead atoms. The largest absolute Gasteiger partial charge is 0.507 e. The summed E-state index contributed by atoms with van der Waals surface area (Å²) in [6.07, 6.45) is 0. The number of carboxylic acid groups (broad SMARTS) is 1. The van der Waals surface area contributed by atoms with Crippen LogP contribution in [0.3, 0.4) is 0 Å². The van der Waals surface area contributed by atoms with Gasteiger partial charge in [-0.2, -0.15) is 4.98 Å². The van der Waals surface area contributed by atoms with Crippen LogP contribution in [0.2, 0.25) is 0 Å². The van der Waals surface area contributed by atoms with E-state index in [0.29, 0.717) is 0 Å². The highest BCUT2D eigenvalue weighted by Crippen LogP contribution is 2.33. The Bertz CT molecular complexity index is 1150. The molecule has 0 aliphatic rings. The van der Waals surface area contributed by atoms with Crippen LogP contribution in [-0.2, 0) is 14.6 Å². The number of anilines is 1. The van der Waals surface area contributed by atoms with Crippen LogP contribution in [0.15, 0.2) is 70.5 Å². The topological polar surface area (TPSA) is 126 Å². The Morgan fingerprint density at radius 1 is 1.10 bits per heavy atom. The first-order valence-electron chi connectivity index (χ1n) is 8.20. The number of phenolic OH excluding ortho intramolecular Hbond substituents is 1. The Morgan fingerprint density at radius 2 is 1.83 bits per heavy atom. The van der Waals surface area contributed by atoms with Crippen LogP contribution >= 0.6 is 0 Å². The molecule has 0 aliphatic heterocycles. The Labute approximate surface area is 165 Å². The molecule has 0 saturated heterocycles. The van der Waals surface area contributed by atoms with Gasteiger partial charge in [-0.25, -0.2) is 12.8 Å². The second-order valence-corrected chi connectivity index (χ2v) is 7.72. The summed E-state index contributed by atoms with van der Waals surface area (Å²) in [7, 11) is -4.12. The van der Waals surface area contributed by atoms with Crippen molar-refractivity contribution in [2.75, 3.05) is 11.9 Å². The monoisotopic (exact) mass is 418 g/mol. The fraction of sp³-hybridized carbons (Fsp3) is 0.0526. The number of ether oxygens (including phenoxy) is 1. The van der Waals surface area contributed by atoms with E-state index in [0.717, 1.165) is 36.4 Å². The molecule has 1 aromatic heterocycles. The number of rotatable bonds is 7. The van der Waals surface area contributed by atoms with Crippen LogP contribution < -0.4 is 10.1 Å². The number of pyridine rings is 1. The second kappa shape index (κ2) is 8.15. The molecule has 0 radical (unpaired) electrons. The molecule has 0 amide bonds. The molecule has 0 unspecified atom stereocenters. The number of hydrogen-bond donors (Lipinski definition) is 3. The number of aromatic nitrogens is 1. The fourth-order valence-corrected chi connectivity index (χ4v) is 3.73. The summed E-state index contributed by atoms with van der Waals surface area (Å²) in [5.41, 5.74) is 0. The predicted molar refractivity (Wildman–Crippen MR) is 100 cm³/mol. The molecule has 3 aromatic rings. The number of halogens is 1. The Hall–Kier alpha value is -3.66. The van der Waals surface area contributed by atoms with Crippen molar-refractivity contribution in [1.29, 1.82) is 0 Å². The average molecular weight is 418 g/mol. The molecule has 3 rings (SSSR count).